The number of fused-ring (bicyclic) bond motifs is 2. The standard InChI is InChI=1S/C24H17F3N4O6S2/c25-24(26,27)11-2-1-3-12(8-11)29-14(33)9-30-21-18(39-23(30)37)15(10-4-6-13(32)7-5-10)16-17(38-21)20(35)31(19(16)34)22(28)36/h1-8,15-17,32H,9H2,(H2,28,36)(H,29,33). The lowest BCUT2D eigenvalue weighted by molar-refractivity contribution is -0.138. The fourth-order valence-electron chi connectivity index (χ4n) is 4.63. The number of rotatable bonds is 4. The molecule has 15 heteroatoms. The molecule has 0 spiro atoms. The van der Waals surface area contributed by atoms with E-state index in [2.05, 4.69) is 5.32 Å². The maximum Gasteiger partial charge on any atom is 0.416 e. The van der Waals surface area contributed by atoms with E-state index in [1.54, 1.807) is 0 Å². The zero-order valence-corrected chi connectivity index (χ0v) is 21.1. The monoisotopic (exact) mass is 578 g/mol. The number of urea groups is 1. The topological polar surface area (TPSA) is 152 Å². The number of hydrogen-bond acceptors (Lipinski definition) is 8. The van der Waals surface area contributed by atoms with Crippen molar-refractivity contribution in [2.75, 3.05) is 5.32 Å². The summed E-state index contributed by atoms with van der Waals surface area (Å²) in [5, 5.41) is 11.1. The number of aromatic hydroxyl groups is 1. The lowest BCUT2D eigenvalue weighted by atomic mass is 9.83. The number of halogens is 3. The van der Waals surface area contributed by atoms with Crippen molar-refractivity contribution in [2.45, 2.75) is 28.9 Å². The second-order valence-corrected chi connectivity index (χ2v) is 10.9. The Morgan fingerprint density at radius 2 is 1.74 bits per heavy atom. The number of alkyl halides is 3. The molecule has 1 fully saturated rings. The zero-order valence-electron chi connectivity index (χ0n) is 19.5. The number of hydrogen-bond donors (Lipinski definition) is 3. The molecule has 0 bridgehead atoms. The van der Waals surface area contributed by atoms with E-state index in [0.717, 1.165) is 45.9 Å². The molecule has 0 aliphatic carbocycles. The van der Waals surface area contributed by atoms with Gasteiger partial charge in [-0.1, -0.05) is 41.3 Å². The lowest BCUT2D eigenvalue weighted by Crippen LogP contribution is -2.41. The summed E-state index contributed by atoms with van der Waals surface area (Å²) < 4.78 is 40.2. The van der Waals surface area contributed by atoms with E-state index in [0.29, 0.717) is 15.3 Å². The number of nitrogens with two attached hydrogens (primary N) is 1. The number of aromatic nitrogens is 1. The molecule has 0 saturated carbocycles. The van der Waals surface area contributed by atoms with Crippen molar-refractivity contribution in [1.82, 2.24) is 9.47 Å². The first-order chi connectivity index (χ1) is 18.4. The number of benzene rings is 2. The van der Waals surface area contributed by atoms with E-state index >= 15 is 0 Å². The van der Waals surface area contributed by atoms with Gasteiger partial charge in [0.05, 0.1) is 16.5 Å². The molecular formula is C24H17F3N4O6S2. The summed E-state index contributed by atoms with van der Waals surface area (Å²) in [6.07, 6.45) is -4.62. The number of imide groups is 3. The molecule has 202 valence electrons. The Kier molecular flexibility index (Phi) is 6.50. The quantitative estimate of drug-likeness (QED) is 0.403. The second-order valence-electron chi connectivity index (χ2n) is 8.73. The van der Waals surface area contributed by atoms with Crippen molar-refractivity contribution in [2.24, 2.45) is 11.7 Å². The number of anilines is 1. The van der Waals surface area contributed by atoms with Crippen molar-refractivity contribution < 1.29 is 37.5 Å². The van der Waals surface area contributed by atoms with E-state index in [1.165, 1.54) is 30.3 Å². The molecule has 3 atom stereocenters. The number of amides is 5. The van der Waals surface area contributed by atoms with Gasteiger partial charge >= 0.3 is 17.1 Å². The summed E-state index contributed by atoms with van der Waals surface area (Å²) in [4.78, 5) is 63.9. The van der Waals surface area contributed by atoms with Gasteiger partial charge in [0.25, 0.3) is 5.91 Å². The Balaban J connectivity index is 1.52. The molecule has 3 heterocycles. The summed E-state index contributed by atoms with van der Waals surface area (Å²) >= 11 is 1.58. The Morgan fingerprint density at radius 3 is 2.38 bits per heavy atom. The Morgan fingerprint density at radius 1 is 1.05 bits per heavy atom. The maximum absolute atomic E-state index is 13.1. The summed E-state index contributed by atoms with van der Waals surface area (Å²) in [7, 11) is 0. The van der Waals surface area contributed by atoms with Gasteiger partial charge < -0.3 is 16.2 Å². The van der Waals surface area contributed by atoms with E-state index in [-0.39, 0.29) is 16.5 Å². The Labute approximate surface area is 225 Å². The molecule has 0 radical (unpaired) electrons. The minimum atomic E-state index is -4.62. The van der Waals surface area contributed by atoms with Crippen LogP contribution in [0.4, 0.5) is 23.7 Å². The van der Waals surface area contributed by atoms with Crippen LogP contribution in [0.1, 0.15) is 21.9 Å². The van der Waals surface area contributed by atoms with Gasteiger partial charge in [-0.2, -0.15) is 18.1 Å². The first-order valence-electron chi connectivity index (χ1n) is 11.2. The predicted molar refractivity (Wildman–Crippen MR) is 133 cm³/mol. The van der Waals surface area contributed by atoms with Gasteiger partial charge in [0.15, 0.2) is 0 Å². The SMILES string of the molecule is NC(=O)N1C(=O)C2Sc3c(sc(=O)n3CC(=O)Nc3cccc(C(F)(F)F)c3)C(c3ccc(O)cc3)C2C1=O. The van der Waals surface area contributed by atoms with Gasteiger partial charge in [-0.25, -0.2) is 4.79 Å². The molecule has 2 aromatic carbocycles. The number of thiazole rings is 1. The Hall–Kier alpha value is -4.11. The highest BCUT2D eigenvalue weighted by Crippen LogP contribution is 2.53. The smallest absolute Gasteiger partial charge is 0.416 e. The number of nitrogens with zero attached hydrogens (tertiary/aromatic N) is 2. The maximum atomic E-state index is 13.1. The molecule has 10 nitrogen and oxygen atoms in total. The predicted octanol–water partition coefficient (Wildman–Crippen LogP) is 2.94. The fraction of sp³-hybridized carbons (Fsp3) is 0.208. The van der Waals surface area contributed by atoms with Crippen LogP contribution in [0, 0.1) is 5.92 Å². The summed E-state index contributed by atoms with van der Waals surface area (Å²) in [6, 6.07) is 8.50. The van der Waals surface area contributed by atoms with Crippen LogP contribution in [0.2, 0.25) is 0 Å². The molecule has 5 amide bonds. The largest absolute Gasteiger partial charge is 0.508 e. The minimum absolute atomic E-state index is 0.0645. The first kappa shape index (κ1) is 26.5. The highest BCUT2D eigenvalue weighted by Gasteiger charge is 2.57. The van der Waals surface area contributed by atoms with Crippen LogP contribution in [-0.4, -0.2) is 43.6 Å². The molecule has 2 aliphatic heterocycles. The van der Waals surface area contributed by atoms with Crippen molar-refractivity contribution >= 4 is 52.5 Å². The number of primary amides is 1. The third-order valence-corrected chi connectivity index (χ3v) is 8.90. The van der Waals surface area contributed by atoms with Gasteiger partial charge in [-0.15, -0.1) is 0 Å². The van der Waals surface area contributed by atoms with E-state index in [1.807, 2.05) is 0 Å². The third kappa shape index (κ3) is 4.67. The van der Waals surface area contributed by atoms with Gasteiger partial charge in [0, 0.05) is 16.5 Å². The highest BCUT2D eigenvalue weighted by molar-refractivity contribution is 8.00. The number of thioether (sulfide) groups is 1. The van der Waals surface area contributed by atoms with Crippen LogP contribution in [0.15, 0.2) is 58.4 Å². The van der Waals surface area contributed by atoms with Crippen LogP contribution in [-0.2, 0) is 27.1 Å². The first-order valence-corrected chi connectivity index (χ1v) is 12.9. The van der Waals surface area contributed by atoms with Crippen molar-refractivity contribution in [1.29, 1.82) is 0 Å². The fourth-order valence-corrected chi connectivity index (χ4v) is 7.40. The molecule has 3 aromatic rings. The summed E-state index contributed by atoms with van der Waals surface area (Å²) in [6.45, 7) is -0.588. The number of phenols is 1. The Bertz CT molecular complexity index is 1580. The van der Waals surface area contributed by atoms with Gasteiger partial charge in [0.1, 0.15) is 17.5 Å². The molecule has 4 N–H and O–H groups in total. The zero-order chi connectivity index (χ0) is 28.2. The van der Waals surface area contributed by atoms with Crippen molar-refractivity contribution in [3.8, 4) is 5.75 Å². The van der Waals surface area contributed by atoms with Crippen molar-refractivity contribution in [3.63, 3.8) is 0 Å². The van der Waals surface area contributed by atoms with Crippen LogP contribution in [0.5, 0.6) is 5.75 Å². The van der Waals surface area contributed by atoms with E-state index < -0.39 is 64.0 Å². The van der Waals surface area contributed by atoms with Crippen LogP contribution in [0.25, 0.3) is 0 Å². The summed E-state index contributed by atoms with van der Waals surface area (Å²) in [5.74, 6) is -4.52. The van der Waals surface area contributed by atoms with Crippen LogP contribution in [0.3, 0.4) is 0 Å². The molecule has 1 saturated heterocycles. The summed E-state index contributed by atoms with van der Waals surface area (Å²) in [5.41, 5.74) is 4.65. The number of phenolic OH excluding ortho intramolecular Hbond substituents is 1. The molecule has 39 heavy (non-hydrogen) atoms. The molecular weight excluding hydrogens is 561 g/mol. The average Bonchev–Trinajstić information content (AvgIpc) is 3.30. The molecule has 3 unspecified atom stereocenters. The minimum Gasteiger partial charge on any atom is -0.508 e. The van der Waals surface area contributed by atoms with Crippen LogP contribution < -0.4 is 15.9 Å². The van der Waals surface area contributed by atoms with Gasteiger partial charge in [0.2, 0.25) is 11.8 Å². The average molecular weight is 579 g/mol. The highest BCUT2D eigenvalue weighted by atomic mass is 32.2. The molecule has 2 aliphatic rings. The van der Waals surface area contributed by atoms with E-state index in [9.17, 15) is 42.3 Å². The third-order valence-electron chi connectivity index (χ3n) is 6.30. The number of nitrogens with one attached hydrogen (secondary N) is 1. The normalized spacial score (nSPS) is 20.5. The second kappa shape index (κ2) is 9.57. The number of carbonyl (C=O) groups is 4. The lowest BCUT2D eigenvalue weighted by Gasteiger charge is -2.30. The van der Waals surface area contributed by atoms with Crippen LogP contribution >= 0.6 is 23.1 Å². The number of carbonyl (C=O) groups excluding carboxylic acids is 4. The number of likely N-dealkylation sites (tertiary alicyclic amines) is 1. The van der Waals surface area contributed by atoms with Gasteiger partial charge in [-0.3, -0.25) is 23.7 Å². The van der Waals surface area contributed by atoms with E-state index in [4.69, 9.17) is 5.73 Å². The van der Waals surface area contributed by atoms with Crippen molar-refractivity contribution in [3.05, 3.63) is 74.2 Å². The molecule has 1 aromatic heterocycles. The molecule has 5 rings (SSSR count). The van der Waals surface area contributed by atoms with Gasteiger partial charge in [-0.05, 0) is 35.9 Å².